The Morgan fingerprint density at radius 3 is 1.31 bits per heavy atom. The van der Waals surface area contributed by atoms with Crippen molar-refractivity contribution in [3.63, 3.8) is 0 Å². The van der Waals surface area contributed by atoms with Crippen molar-refractivity contribution < 1.29 is 36.4 Å². The second kappa shape index (κ2) is 21.2. The first-order valence-electron chi connectivity index (χ1n) is 10.6. The van der Waals surface area contributed by atoms with E-state index < -0.39 is 25.5 Å². The van der Waals surface area contributed by atoms with Gasteiger partial charge in [0, 0.05) is 0 Å². The Morgan fingerprint density at radius 1 is 0.731 bits per heavy atom. The first kappa shape index (κ1) is 28.2. The van der Waals surface area contributed by atoms with E-state index in [4.69, 9.17) is 12.1 Å². The van der Waals surface area contributed by atoms with Gasteiger partial charge in [-0.25, -0.2) is 0 Å². The first-order chi connectivity index (χ1) is 12.4. The topological polar surface area (TPSA) is 74.6 Å². The van der Waals surface area contributed by atoms with Crippen molar-refractivity contribution in [2.75, 3.05) is 0 Å². The summed E-state index contributed by atoms with van der Waals surface area (Å²) >= 11 is -1.75. The molecule has 0 saturated heterocycles. The Bertz CT molecular complexity index is 319. The van der Waals surface area contributed by atoms with Crippen molar-refractivity contribution in [2.45, 2.75) is 111 Å². The van der Waals surface area contributed by atoms with Gasteiger partial charge in [0.1, 0.15) is 0 Å². The van der Waals surface area contributed by atoms with Gasteiger partial charge in [-0.2, -0.15) is 0 Å². The normalized spacial score (nSPS) is 11.8. The summed E-state index contributed by atoms with van der Waals surface area (Å²) < 4.78 is 15.8. The van der Waals surface area contributed by atoms with Crippen LogP contribution >= 0.6 is 0 Å². The molecule has 0 aliphatic rings. The molecule has 0 heterocycles. The number of hydrogen-bond donors (Lipinski definition) is 2. The number of unbranched alkanes of at least 4 members (excludes halogenated alkanes) is 10. The van der Waals surface area contributed by atoms with Gasteiger partial charge in [0.15, 0.2) is 0 Å². The van der Waals surface area contributed by atoms with Gasteiger partial charge in [0.2, 0.25) is 0 Å². The van der Waals surface area contributed by atoms with Crippen molar-refractivity contribution in [3.8, 4) is 0 Å². The first-order valence-corrected chi connectivity index (χ1v) is 11.9. The van der Waals surface area contributed by atoms with Gasteiger partial charge in [-0.15, -0.1) is 0 Å². The van der Waals surface area contributed by atoms with Crippen LogP contribution in [0, 0.1) is 17.8 Å². The number of carboxylic acids is 1. The second-order valence-corrected chi connectivity index (χ2v) is 8.43. The summed E-state index contributed by atoms with van der Waals surface area (Å²) in [5.74, 6) is 0.355. The molecular formula is C21H43O4Ti. The standard InChI is InChI=1S/C21H42O2.H2O.O.Ti/c1-18(2)16-14-12-10-8-6-5-7-9-11-13-15-17-20(19(3)4)21(22)23;;;/h18-20H,5-17H2,1-4H3,(H,22,23);1H2;;/q;;;+1/p-1. The Hall–Kier alpha value is -0.0557. The van der Waals surface area contributed by atoms with E-state index in [1.54, 1.807) is 0 Å². The van der Waals surface area contributed by atoms with E-state index in [9.17, 15) is 4.79 Å². The van der Waals surface area contributed by atoms with Crippen molar-refractivity contribution in [1.29, 1.82) is 0 Å². The van der Waals surface area contributed by atoms with Crippen LogP contribution in [0.5, 0.6) is 0 Å². The van der Waals surface area contributed by atoms with Crippen molar-refractivity contribution in [3.05, 3.63) is 0 Å². The van der Waals surface area contributed by atoms with E-state index in [1.807, 2.05) is 13.8 Å². The zero-order valence-corrected chi connectivity index (χ0v) is 19.2. The van der Waals surface area contributed by atoms with Crippen LogP contribution in [0.25, 0.3) is 0 Å². The number of hydrogen-bond acceptors (Lipinski definition) is 2. The Kier molecular flexibility index (Phi) is 23.0. The maximum atomic E-state index is 11.1. The van der Waals surface area contributed by atoms with Crippen LogP contribution in [-0.4, -0.2) is 14.8 Å². The zero-order valence-electron chi connectivity index (χ0n) is 17.6. The summed E-state index contributed by atoms with van der Waals surface area (Å²) in [5, 5.41) is 9.15. The summed E-state index contributed by atoms with van der Waals surface area (Å²) in [7, 11) is 0. The zero-order chi connectivity index (χ0) is 20.2. The average Bonchev–Trinajstić information content (AvgIpc) is 2.54. The van der Waals surface area contributed by atoms with Gasteiger partial charge in [0.25, 0.3) is 0 Å². The molecule has 2 N–H and O–H groups in total. The third-order valence-electron chi connectivity index (χ3n) is 4.92. The van der Waals surface area contributed by atoms with Gasteiger partial charge < -0.3 is 5.11 Å². The van der Waals surface area contributed by atoms with Gasteiger partial charge in [-0.05, 0) is 18.3 Å². The summed E-state index contributed by atoms with van der Waals surface area (Å²) in [6.07, 6.45) is 16.9. The van der Waals surface area contributed by atoms with Crippen molar-refractivity contribution >= 4 is 5.97 Å². The number of carboxylic acid groups (broad SMARTS) is 1. The molecule has 0 rings (SSSR count). The molecule has 0 spiro atoms. The van der Waals surface area contributed by atoms with Gasteiger partial charge in [-0.3, -0.25) is 4.79 Å². The molecule has 0 aromatic heterocycles. The predicted octanol–water partition coefficient (Wildman–Crippen LogP) is 6.39. The fourth-order valence-corrected chi connectivity index (χ4v) is 3.25. The SMILES string of the molecule is CC(C)CCCCCCCCCCCCCC(C(=O)O)C(C)C.[O]=[Ti][OH]. The van der Waals surface area contributed by atoms with Crippen LogP contribution in [0.2, 0.25) is 0 Å². The van der Waals surface area contributed by atoms with Crippen LogP contribution in [0.3, 0.4) is 0 Å². The summed E-state index contributed by atoms with van der Waals surface area (Å²) in [4.78, 5) is 11.1. The van der Waals surface area contributed by atoms with E-state index >= 15 is 0 Å². The van der Waals surface area contributed by atoms with E-state index in [-0.39, 0.29) is 11.8 Å². The third kappa shape index (κ3) is 22.0. The van der Waals surface area contributed by atoms with E-state index in [1.165, 1.54) is 70.6 Å². The minimum absolute atomic E-state index is 0.148. The molecule has 1 atom stereocenters. The molecule has 5 heteroatoms. The third-order valence-corrected chi connectivity index (χ3v) is 4.92. The van der Waals surface area contributed by atoms with Crippen LogP contribution in [0.1, 0.15) is 111 Å². The van der Waals surface area contributed by atoms with Crippen LogP contribution in [0.15, 0.2) is 0 Å². The molecule has 4 nitrogen and oxygen atoms in total. The number of aliphatic carboxylic acids is 1. The molecule has 0 bridgehead atoms. The molecule has 0 aliphatic heterocycles. The maximum absolute atomic E-state index is 11.1. The molecule has 0 saturated carbocycles. The molecule has 0 aromatic rings. The number of carbonyl (C=O) groups is 1. The quantitative estimate of drug-likeness (QED) is 0.230. The Labute approximate surface area is 171 Å². The predicted molar refractivity (Wildman–Crippen MR) is 104 cm³/mol. The van der Waals surface area contributed by atoms with Gasteiger partial charge >= 0.3 is 32.5 Å². The van der Waals surface area contributed by atoms with E-state index in [0.717, 1.165) is 18.8 Å². The Morgan fingerprint density at radius 2 is 1.04 bits per heavy atom. The average molecular weight is 407 g/mol. The Balaban J connectivity index is 0. The van der Waals surface area contributed by atoms with E-state index in [0.29, 0.717) is 0 Å². The fraction of sp³-hybridized carbons (Fsp3) is 0.952. The van der Waals surface area contributed by atoms with Gasteiger partial charge in [-0.1, -0.05) is 105 Å². The van der Waals surface area contributed by atoms with Crippen LogP contribution < -0.4 is 0 Å². The molecule has 0 amide bonds. The molecule has 0 fully saturated rings. The molecule has 26 heavy (non-hydrogen) atoms. The van der Waals surface area contributed by atoms with Gasteiger partial charge in [0.05, 0.1) is 5.92 Å². The molecule has 1 unspecified atom stereocenters. The van der Waals surface area contributed by atoms with E-state index in [2.05, 4.69) is 13.8 Å². The summed E-state index contributed by atoms with van der Waals surface area (Å²) in [6.45, 7) is 8.65. The molecule has 155 valence electrons. The second-order valence-electron chi connectivity index (χ2n) is 8.14. The molecule has 0 radical (unpaired) electrons. The fourth-order valence-electron chi connectivity index (χ4n) is 3.25. The number of rotatable bonds is 16. The van der Waals surface area contributed by atoms with Crippen LogP contribution in [-0.2, 0) is 27.6 Å². The van der Waals surface area contributed by atoms with Crippen molar-refractivity contribution in [2.24, 2.45) is 17.8 Å². The minimum atomic E-state index is -1.75. The summed E-state index contributed by atoms with van der Waals surface area (Å²) in [5.41, 5.74) is 0. The monoisotopic (exact) mass is 407 g/mol. The molecular weight excluding hydrogens is 364 g/mol. The summed E-state index contributed by atoms with van der Waals surface area (Å²) in [6, 6.07) is 0. The molecule has 0 aromatic carbocycles. The molecule has 0 aliphatic carbocycles. The van der Waals surface area contributed by atoms with Crippen LogP contribution in [0.4, 0.5) is 0 Å². The van der Waals surface area contributed by atoms with Crippen molar-refractivity contribution in [1.82, 2.24) is 0 Å².